The summed E-state index contributed by atoms with van der Waals surface area (Å²) in [6.07, 6.45) is 7.68. The van der Waals surface area contributed by atoms with Crippen LogP contribution in [0.25, 0.3) is 17.4 Å². The van der Waals surface area contributed by atoms with Gasteiger partial charge in [0.1, 0.15) is 15.8 Å². The van der Waals surface area contributed by atoms with Crippen LogP contribution in [-0.2, 0) is 11.2 Å². The number of thiocarbonyl (C=S) groups is 1. The number of carbonyl (C=O) groups excluding carboxylic acids is 1. The molecule has 2 aliphatic carbocycles. The number of hydrogen-bond acceptors (Lipinski definition) is 6. The van der Waals surface area contributed by atoms with Gasteiger partial charge >= 0.3 is 0 Å². The zero-order chi connectivity index (χ0) is 23.9. The second kappa shape index (κ2) is 10.0. The van der Waals surface area contributed by atoms with E-state index in [2.05, 4.69) is 16.3 Å². The Morgan fingerprint density at radius 2 is 1.97 bits per heavy atom. The number of hydrogen-bond donors (Lipinski definition) is 1. The lowest BCUT2D eigenvalue weighted by molar-refractivity contribution is -0.124. The summed E-state index contributed by atoms with van der Waals surface area (Å²) in [6, 6.07) is 10.1. The normalized spacial score (nSPS) is 28.1. The molecule has 0 spiro atoms. The van der Waals surface area contributed by atoms with E-state index in [1.54, 1.807) is 0 Å². The molecule has 5 nitrogen and oxygen atoms in total. The molecule has 184 valence electrons. The SMILES string of the molecule is O=C1/C(=C/c2oc(-c3ccc(Cl)cc3)cc2CCN2CCNCC2)SC(=S)N1C1CC2CCC1C2. The number of piperazine rings is 1. The van der Waals surface area contributed by atoms with Crippen LogP contribution in [0.4, 0.5) is 0 Å². The van der Waals surface area contributed by atoms with Crippen molar-refractivity contribution in [1.29, 1.82) is 0 Å². The van der Waals surface area contributed by atoms with Crippen molar-refractivity contribution in [2.45, 2.75) is 38.1 Å². The first kappa shape index (κ1) is 23.7. The van der Waals surface area contributed by atoms with Crippen molar-refractivity contribution in [1.82, 2.24) is 15.1 Å². The van der Waals surface area contributed by atoms with Gasteiger partial charge in [-0.1, -0.05) is 42.0 Å². The summed E-state index contributed by atoms with van der Waals surface area (Å²) in [6.45, 7) is 5.13. The van der Waals surface area contributed by atoms with Crippen LogP contribution < -0.4 is 5.32 Å². The molecule has 2 saturated carbocycles. The van der Waals surface area contributed by atoms with Gasteiger partial charge in [-0.25, -0.2) is 0 Å². The molecule has 1 amide bonds. The number of benzene rings is 1. The molecule has 1 N–H and O–H groups in total. The van der Waals surface area contributed by atoms with Crippen molar-refractivity contribution in [2.75, 3.05) is 32.7 Å². The Hall–Kier alpha value is -1.64. The van der Waals surface area contributed by atoms with Crippen molar-refractivity contribution >= 4 is 51.9 Å². The van der Waals surface area contributed by atoms with E-state index in [4.69, 9.17) is 28.2 Å². The summed E-state index contributed by atoms with van der Waals surface area (Å²) >= 11 is 13.2. The Bertz CT molecular complexity index is 1160. The van der Waals surface area contributed by atoms with Crippen LogP contribution in [-0.4, -0.2) is 58.8 Å². The highest BCUT2D eigenvalue weighted by Crippen LogP contribution is 2.49. The minimum Gasteiger partial charge on any atom is -0.456 e. The minimum absolute atomic E-state index is 0.0510. The molecular formula is C27H30ClN3O2S2. The number of halogens is 1. The van der Waals surface area contributed by atoms with E-state index in [1.807, 2.05) is 35.2 Å². The summed E-state index contributed by atoms with van der Waals surface area (Å²) in [7, 11) is 0. The molecule has 6 rings (SSSR count). The lowest BCUT2D eigenvalue weighted by Crippen LogP contribution is -2.44. The van der Waals surface area contributed by atoms with E-state index in [1.165, 1.54) is 31.0 Å². The largest absolute Gasteiger partial charge is 0.456 e. The number of fused-ring (bicyclic) bond motifs is 2. The molecule has 8 heteroatoms. The summed E-state index contributed by atoms with van der Waals surface area (Å²) < 4.78 is 7.06. The first-order chi connectivity index (χ1) is 17.0. The standard InChI is InChI=1S/C27H30ClN3O2S2/c28-21-5-3-18(4-6-21)23-15-20(7-10-30-11-8-29-9-12-30)24(33-23)16-25-26(32)31(27(34)35-25)22-14-17-1-2-19(22)13-17/h3-6,15-17,19,22,29H,1-2,7-14H2/b25-16-. The van der Waals surface area contributed by atoms with Crippen molar-refractivity contribution < 1.29 is 9.21 Å². The number of rotatable bonds is 6. The van der Waals surface area contributed by atoms with E-state index in [-0.39, 0.29) is 11.9 Å². The summed E-state index contributed by atoms with van der Waals surface area (Å²) in [4.78, 5) is 18.6. The predicted molar refractivity (Wildman–Crippen MR) is 146 cm³/mol. The van der Waals surface area contributed by atoms with Gasteiger partial charge < -0.3 is 14.6 Å². The van der Waals surface area contributed by atoms with Crippen LogP contribution in [0.3, 0.4) is 0 Å². The van der Waals surface area contributed by atoms with Crippen LogP contribution in [0.1, 0.15) is 37.0 Å². The zero-order valence-corrected chi connectivity index (χ0v) is 22.1. The number of furan rings is 1. The molecule has 1 aromatic carbocycles. The van der Waals surface area contributed by atoms with Gasteiger partial charge in [0.25, 0.3) is 5.91 Å². The first-order valence-electron chi connectivity index (χ1n) is 12.6. The maximum Gasteiger partial charge on any atom is 0.266 e. The molecular weight excluding hydrogens is 498 g/mol. The van der Waals surface area contributed by atoms with Gasteiger partial charge in [0.05, 0.1) is 4.91 Å². The van der Waals surface area contributed by atoms with Gasteiger partial charge in [0, 0.05) is 55.4 Å². The quantitative estimate of drug-likeness (QED) is 0.399. The molecule has 4 fully saturated rings. The van der Waals surface area contributed by atoms with Crippen molar-refractivity contribution in [3.05, 3.63) is 51.6 Å². The van der Waals surface area contributed by atoms with Gasteiger partial charge in [-0.15, -0.1) is 0 Å². The molecule has 2 saturated heterocycles. The number of thioether (sulfide) groups is 1. The molecule has 1 aromatic heterocycles. The van der Waals surface area contributed by atoms with Crippen LogP contribution in [0.5, 0.6) is 0 Å². The average molecular weight is 528 g/mol. The molecule has 2 aliphatic heterocycles. The van der Waals surface area contributed by atoms with E-state index in [0.717, 1.165) is 74.1 Å². The van der Waals surface area contributed by atoms with Crippen LogP contribution in [0.2, 0.25) is 5.02 Å². The van der Waals surface area contributed by atoms with Gasteiger partial charge in [-0.3, -0.25) is 9.69 Å². The molecule has 3 heterocycles. The molecule has 3 unspecified atom stereocenters. The van der Waals surface area contributed by atoms with Crippen LogP contribution >= 0.6 is 35.6 Å². The fraction of sp³-hybridized carbons (Fsp3) is 0.481. The highest BCUT2D eigenvalue weighted by atomic mass is 35.5. The summed E-state index contributed by atoms with van der Waals surface area (Å²) in [5.74, 6) is 2.99. The Morgan fingerprint density at radius 1 is 1.17 bits per heavy atom. The maximum atomic E-state index is 13.5. The van der Waals surface area contributed by atoms with Gasteiger partial charge in [-0.2, -0.15) is 0 Å². The van der Waals surface area contributed by atoms with Crippen molar-refractivity contribution in [3.63, 3.8) is 0 Å². The Morgan fingerprint density at radius 3 is 2.69 bits per heavy atom. The Labute approximate surface area is 221 Å². The molecule has 2 aromatic rings. The third kappa shape index (κ3) is 4.86. The monoisotopic (exact) mass is 527 g/mol. The smallest absolute Gasteiger partial charge is 0.266 e. The van der Waals surface area contributed by atoms with Gasteiger partial charge in [-0.05, 0) is 73.4 Å². The van der Waals surface area contributed by atoms with Crippen molar-refractivity contribution in [3.8, 4) is 11.3 Å². The first-order valence-corrected chi connectivity index (χ1v) is 14.2. The highest BCUT2D eigenvalue weighted by molar-refractivity contribution is 8.26. The third-order valence-electron chi connectivity index (χ3n) is 8.00. The van der Waals surface area contributed by atoms with Gasteiger partial charge in [0.2, 0.25) is 0 Å². The van der Waals surface area contributed by atoms with E-state index >= 15 is 0 Å². The van der Waals surface area contributed by atoms with E-state index in [9.17, 15) is 4.79 Å². The maximum absolute atomic E-state index is 13.5. The third-order valence-corrected chi connectivity index (χ3v) is 9.58. The highest BCUT2D eigenvalue weighted by Gasteiger charge is 2.48. The fourth-order valence-corrected chi connectivity index (χ4v) is 7.61. The van der Waals surface area contributed by atoms with Crippen LogP contribution in [0.15, 0.2) is 39.7 Å². The molecule has 35 heavy (non-hydrogen) atoms. The second-order valence-electron chi connectivity index (χ2n) is 10.1. The number of carbonyl (C=O) groups is 1. The second-order valence-corrected chi connectivity index (χ2v) is 12.3. The summed E-state index contributed by atoms with van der Waals surface area (Å²) in [5, 5.41) is 4.11. The molecule has 4 aliphatic rings. The Kier molecular flexibility index (Phi) is 6.80. The minimum atomic E-state index is 0.0510. The molecule has 0 radical (unpaired) electrons. The Balaban J connectivity index is 1.27. The van der Waals surface area contributed by atoms with Crippen molar-refractivity contribution in [2.24, 2.45) is 11.8 Å². The number of amides is 1. The molecule has 3 atom stereocenters. The van der Waals surface area contributed by atoms with E-state index in [0.29, 0.717) is 20.2 Å². The van der Waals surface area contributed by atoms with Crippen LogP contribution in [0, 0.1) is 11.8 Å². The average Bonchev–Trinajstić information content (AvgIpc) is 3.64. The number of nitrogens with zero attached hydrogens (tertiary/aromatic N) is 2. The predicted octanol–water partition coefficient (Wildman–Crippen LogP) is 5.44. The summed E-state index contributed by atoms with van der Waals surface area (Å²) in [5.41, 5.74) is 2.10. The number of nitrogens with one attached hydrogen (secondary N) is 1. The topological polar surface area (TPSA) is 48.7 Å². The van der Waals surface area contributed by atoms with E-state index < -0.39 is 0 Å². The zero-order valence-electron chi connectivity index (χ0n) is 19.7. The lowest BCUT2D eigenvalue weighted by Gasteiger charge is -2.30. The van der Waals surface area contributed by atoms with Gasteiger partial charge in [0.15, 0.2) is 0 Å². The lowest BCUT2D eigenvalue weighted by atomic mass is 9.94. The molecule has 2 bridgehead atoms. The fourth-order valence-electron chi connectivity index (χ4n) is 6.14.